The largest absolute Gasteiger partial charge is 0.478 e. The third-order valence-electron chi connectivity index (χ3n) is 5.59. The van der Waals surface area contributed by atoms with E-state index in [0.717, 1.165) is 45.3 Å². The van der Waals surface area contributed by atoms with Crippen molar-refractivity contribution in [2.75, 3.05) is 31.1 Å². The summed E-state index contributed by atoms with van der Waals surface area (Å²) >= 11 is 0. The standard InChI is InChI=1S/C23H26N2O2.ClH/c26-23(27)20-9-5-14-24(17-20)15-6-16-25-21-10-3-1-7-18(21)12-13-19-8-2-4-11-22(19)25;/h1-4,7-11H,5-6,12-17H2,(H,26,27);1H. The van der Waals surface area contributed by atoms with Gasteiger partial charge < -0.3 is 10.0 Å². The molecule has 0 saturated heterocycles. The average Bonchev–Trinajstić information content (AvgIpc) is 2.86. The van der Waals surface area contributed by atoms with E-state index < -0.39 is 5.97 Å². The first-order chi connectivity index (χ1) is 13.2. The summed E-state index contributed by atoms with van der Waals surface area (Å²) in [7, 11) is 0. The number of hydrogen-bond acceptors (Lipinski definition) is 3. The van der Waals surface area contributed by atoms with Crippen LogP contribution in [-0.4, -0.2) is 42.2 Å². The van der Waals surface area contributed by atoms with E-state index in [1.54, 1.807) is 0 Å². The van der Waals surface area contributed by atoms with Gasteiger partial charge in [-0.05, 0) is 48.9 Å². The normalized spacial score (nSPS) is 16.3. The molecule has 28 heavy (non-hydrogen) atoms. The Morgan fingerprint density at radius 1 is 0.929 bits per heavy atom. The van der Waals surface area contributed by atoms with Gasteiger partial charge in [0.15, 0.2) is 0 Å². The fourth-order valence-electron chi connectivity index (χ4n) is 4.22. The van der Waals surface area contributed by atoms with Crippen molar-refractivity contribution in [3.63, 3.8) is 0 Å². The van der Waals surface area contributed by atoms with Crippen LogP contribution in [0.5, 0.6) is 0 Å². The maximum Gasteiger partial charge on any atom is 0.332 e. The van der Waals surface area contributed by atoms with Gasteiger partial charge in [-0.1, -0.05) is 42.5 Å². The number of halogens is 1. The Bertz CT molecular complexity index is 818. The molecule has 0 saturated carbocycles. The lowest BCUT2D eigenvalue weighted by Crippen LogP contribution is -2.34. The second kappa shape index (κ2) is 9.26. The van der Waals surface area contributed by atoms with Gasteiger partial charge in [-0.15, -0.1) is 12.4 Å². The quantitative estimate of drug-likeness (QED) is 0.807. The Balaban J connectivity index is 0.00000225. The highest BCUT2D eigenvalue weighted by atomic mass is 35.5. The minimum Gasteiger partial charge on any atom is -0.478 e. The molecule has 0 aliphatic carbocycles. The lowest BCUT2D eigenvalue weighted by atomic mass is 10.0. The molecule has 1 N–H and O–H groups in total. The van der Waals surface area contributed by atoms with E-state index in [2.05, 4.69) is 58.3 Å². The topological polar surface area (TPSA) is 43.8 Å². The van der Waals surface area contributed by atoms with E-state index in [9.17, 15) is 9.90 Å². The van der Waals surface area contributed by atoms with E-state index >= 15 is 0 Å². The summed E-state index contributed by atoms with van der Waals surface area (Å²) in [6.45, 7) is 3.37. The Labute approximate surface area is 172 Å². The number of rotatable bonds is 5. The predicted molar refractivity (Wildman–Crippen MR) is 116 cm³/mol. The van der Waals surface area contributed by atoms with Crippen molar-refractivity contribution >= 4 is 29.8 Å². The van der Waals surface area contributed by atoms with Gasteiger partial charge in [0.2, 0.25) is 0 Å². The van der Waals surface area contributed by atoms with Gasteiger partial charge in [0, 0.05) is 43.1 Å². The van der Waals surface area contributed by atoms with E-state index in [0.29, 0.717) is 12.1 Å². The number of carboxylic acid groups (broad SMARTS) is 1. The zero-order valence-corrected chi connectivity index (χ0v) is 16.8. The van der Waals surface area contributed by atoms with E-state index in [1.165, 1.54) is 22.5 Å². The fourth-order valence-corrected chi connectivity index (χ4v) is 4.22. The van der Waals surface area contributed by atoms with Crippen molar-refractivity contribution in [3.05, 3.63) is 71.3 Å². The van der Waals surface area contributed by atoms with Crippen molar-refractivity contribution in [2.24, 2.45) is 0 Å². The van der Waals surface area contributed by atoms with E-state index in [4.69, 9.17) is 0 Å². The summed E-state index contributed by atoms with van der Waals surface area (Å²) in [6, 6.07) is 17.4. The monoisotopic (exact) mass is 398 g/mol. The van der Waals surface area contributed by atoms with Crippen LogP contribution < -0.4 is 4.90 Å². The zero-order chi connectivity index (χ0) is 18.6. The van der Waals surface area contributed by atoms with Gasteiger partial charge in [-0.25, -0.2) is 4.79 Å². The molecule has 0 radical (unpaired) electrons. The van der Waals surface area contributed by atoms with Crippen LogP contribution in [0, 0.1) is 0 Å². The van der Waals surface area contributed by atoms with Crippen LogP contribution in [0.25, 0.3) is 0 Å². The number of benzene rings is 2. The highest BCUT2D eigenvalue weighted by Crippen LogP contribution is 2.35. The average molecular weight is 399 g/mol. The number of hydrogen-bond donors (Lipinski definition) is 1. The minimum atomic E-state index is -0.782. The van der Waals surface area contributed by atoms with E-state index in [-0.39, 0.29) is 12.4 Å². The zero-order valence-electron chi connectivity index (χ0n) is 16.0. The molecular formula is C23H27ClN2O2. The molecule has 4 nitrogen and oxygen atoms in total. The molecule has 2 aliphatic heterocycles. The van der Waals surface area contributed by atoms with Crippen molar-refractivity contribution in [1.82, 2.24) is 4.90 Å². The van der Waals surface area contributed by atoms with Gasteiger partial charge in [-0.3, -0.25) is 4.90 Å². The third kappa shape index (κ3) is 4.40. The molecule has 0 atom stereocenters. The van der Waals surface area contributed by atoms with Crippen LogP contribution in [-0.2, 0) is 17.6 Å². The summed E-state index contributed by atoms with van der Waals surface area (Å²) in [5.74, 6) is -0.782. The molecule has 2 aliphatic rings. The van der Waals surface area contributed by atoms with Crippen molar-refractivity contribution in [2.45, 2.75) is 25.7 Å². The van der Waals surface area contributed by atoms with Gasteiger partial charge in [0.1, 0.15) is 0 Å². The second-order valence-corrected chi connectivity index (χ2v) is 7.36. The molecule has 5 heteroatoms. The summed E-state index contributed by atoms with van der Waals surface area (Å²) in [5, 5.41) is 9.23. The van der Waals surface area contributed by atoms with Crippen molar-refractivity contribution < 1.29 is 9.90 Å². The smallest absolute Gasteiger partial charge is 0.332 e. The summed E-state index contributed by atoms with van der Waals surface area (Å²) in [6.07, 6.45) is 5.85. The molecule has 0 unspecified atom stereocenters. The number of anilines is 2. The minimum absolute atomic E-state index is 0. The molecule has 148 valence electrons. The first-order valence-electron chi connectivity index (χ1n) is 9.80. The first kappa shape index (κ1) is 20.4. The maximum atomic E-state index is 11.2. The van der Waals surface area contributed by atoms with Crippen LogP contribution in [0.4, 0.5) is 11.4 Å². The van der Waals surface area contributed by atoms with Crippen LogP contribution in [0.1, 0.15) is 24.0 Å². The fraction of sp³-hybridized carbons (Fsp3) is 0.348. The molecule has 2 heterocycles. The maximum absolute atomic E-state index is 11.2. The number of aliphatic carboxylic acids is 1. The Hall–Kier alpha value is -2.30. The molecule has 0 spiro atoms. The van der Waals surface area contributed by atoms with Crippen molar-refractivity contribution in [3.8, 4) is 0 Å². The molecule has 0 bridgehead atoms. The number of nitrogens with zero attached hydrogens (tertiary/aromatic N) is 2. The first-order valence-corrected chi connectivity index (χ1v) is 9.80. The van der Waals surface area contributed by atoms with Crippen LogP contribution in [0.15, 0.2) is 60.2 Å². The Kier molecular flexibility index (Phi) is 6.76. The summed E-state index contributed by atoms with van der Waals surface area (Å²) in [4.78, 5) is 15.9. The molecule has 0 aromatic heterocycles. The Morgan fingerprint density at radius 2 is 1.54 bits per heavy atom. The molecule has 0 fully saturated rings. The van der Waals surface area contributed by atoms with Crippen LogP contribution in [0.2, 0.25) is 0 Å². The number of para-hydroxylation sites is 2. The highest BCUT2D eigenvalue weighted by molar-refractivity contribution is 5.87. The highest BCUT2D eigenvalue weighted by Gasteiger charge is 2.21. The number of aryl methyl sites for hydroxylation is 2. The lowest BCUT2D eigenvalue weighted by Gasteiger charge is -2.30. The number of carbonyl (C=O) groups is 1. The predicted octanol–water partition coefficient (Wildman–Crippen LogP) is 4.45. The third-order valence-corrected chi connectivity index (χ3v) is 5.59. The summed E-state index contributed by atoms with van der Waals surface area (Å²) in [5.41, 5.74) is 5.97. The molecule has 4 rings (SSSR count). The Morgan fingerprint density at radius 3 is 2.14 bits per heavy atom. The van der Waals surface area contributed by atoms with Gasteiger partial charge in [-0.2, -0.15) is 0 Å². The molecular weight excluding hydrogens is 372 g/mol. The number of carboxylic acids is 1. The van der Waals surface area contributed by atoms with Gasteiger partial charge >= 0.3 is 5.97 Å². The van der Waals surface area contributed by atoms with Crippen LogP contribution >= 0.6 is 12.4 Å². The van der Waals surface area contributed by atoms with Crippen LogP contribution in [0.3, 0.4) is 0 Å². The SMILES string of the molecule is Cl.O=C(O)C1=CCCN(CCCN2c3ccccc3CCc3ccccc32)C1. The molecule has 0 amide bonds. The second-order valence-electron chi connectivity index (χ2n) is 7.36. The van der Waals surface area contributed by atoms with Crippen molar-refractivity contribution in [1.29, 1.82) is 0 Å². The molecule has 2 aromatic carbocycles. The van der Waals surface area contributed by atoms with E-state index in [1.807, 2.05) is 6.08 Å². The van der Waals surface area contributed by atoms with Gasteiger partial charge in [0.25, 0.3) is 0 Å². The summed E-state index contributed by atoms with van der Waals surface area (Å²) < 4.78 is 0. The lowest BCUT2D eigenvalue weighted by molar-refractivity contribution is -0.133. The number of fused-ring (bicyclic) bond motifs is 2. The molecule has 2 aromatic rings. The van der Waals surface area contributed by atoms with Gasteiger partial charge in [0.05, 0.1) is 0 Å².